The lowest BCUT2D eigenvalue weighted by Crippen LogP contribution is -2.27. The minimum atomic E-state index is -3.08. The second-order valence-corrected chi connectivity index (χ2v) is 7.69. The lowest BCUT2D eigenvalue weighted by molar-refractivity contribution is -0.144. The summed E-state index contributed by atoms with van der Waals surface area (Å²) < 4.78 is 25.1. The quantitative estimate of drug-likeness (QED) is 0.427. The van der Waals surface area contributed by atoms with Gasteiger partial charge in [0.25, 0.3) is 0 Å². The second-order valence-electron chi connectivity index (χ2n) is 3.31. The van der Waals surface area contributed by atoms with E-state index in [-0.39, 0.29) is 12.8 Å². The molecule has 0 heterocycles. The smallest absolute Gasteiger partial charge is 0.333 e. The summed E-state index contributed by atoms with van der Waals surface area (Å²) in [5, 5.41) is 0. The first kappa shape index (κ1) is 15.1. The number of hydrogen-bond acceptors (Lipinski definition) is 5. The summed E-state index contributed by atoms with van der Waals surface area (Å²) in [6.07, 6.45) is 0.0504. The lowest BCUT2D eigenvalue weighted by Gasteiger charge is -2.17. The predicted octanol–water partition coefficient (Wildman–Crippen LogP) is 2.19. The molecule has 0 radical (unpaired) electrons. The number of carbonyl (C=O) groups excluding carboxylic acids is 1. The maximum atomic E-state index is 11.5. The van der Waals surface area contributed by atoms with Gasteiger partial charge >= 0.3 is 13.6 Å². The van der Waals surface area contributed by atoms with Crippen molar-refractivity contribution >= 4 is 29.5 Å². The molecular weight excluding hydrogens is 287 g/mol. The minimum Gasteiger partial charge on any atom is -0.464 e. The van der Waals surface area contributed by atoms with Crippen LogP contribution in [0.5, 0.6) is 0 Å². The monoisotopic (exact) mass is 302 g/mol. The van der Waals surface area contributed by atoms with Crippen molar-refractivity contribution in [2.24, 2.45) is 0 Å². The van der Waals surface area contributed by atoms with Crippen LogP contribution in [0.4, 0.5) is 0 Å². The first-order valence-electron chi connectivity index (χ1n) is 4.32. The fourth-order valence-electron chi connectivity index (χ4n) is 0.679. The highest BCUT2D eigenvalue weighted by Gasteiger charge is 2.27. The van der Waals surface area contributed by atoms with Gasteiger partial charge in [0.2, 0.25) is 0 Å². The summed E-state index contributed by atoms with van der Waals surface area (Å²) in [4.78, 5) is 11.3. The Morgan fingerprint density at radius 3 is 2.13 bits per heavy atom. The molecule has 15 heavy (non-hydrogen) atoms. The third-order valence-electron chi connectivity index (χ3n) is 1.64. The zero-order valence-electron chi connectivity index (χ0n) is 9.28. The molecule has 0 rings (SSSR count). The summed E-state index contributed by atoms with van der Waals surface area (Å²) >= 11 is 3.15. The Balaban J connectivity index is 4.00. The molecular formula is C8H16BrO5P. The molecule has 0 aromatic carbocycles. The number of esters is 1. The molecule has 0 bridgehead atoms. The first-order valence-corrected chi connectivity index (χ1v) is 6.84. The number of carbonyl (C=O) groups is 1. The van der Waals surface area contributed by atoms with E-state index in [9.17, 15) is 9.36 Å². The molecule has 90 valence electrons. The number of rotatable bonds is 6. The van der Waals surface area contributed by atoms with Crippen LogP contribution in [0.15, 0.2) is 0 Å². The van der Waals surface area contributed by atoms with Gasteiger partial charge in [0.15, 0.2) is 0 Å². The average molecular weight is 303 g/mol. The van der Waals surface area contributed by atoms with E-state index in [1.807, 2.05) is 0 Å². The molecule has 0 N–H and O–H groups in total. The molecule has 0 aliphatic rings. The van der Waals surface area contributed by atoms with Gasteiger partial charge < -0.3 is 13.8 Å². The van der Waals surface area contributed by atoms with E-state index >= 15 is 0 Å². The third-order valence-corrected chi connectivity index (χ3v) is 3.81. The van der Waals surface area contributed by atoms with Crippen LogP contribution in [0.1, 0.15) is 13.8 Å². The molecule has 0 saturated heterocycles. The van der Waals surface area contributed by atoms with Gasteiger partial charge in [0.1, 0.15) is 10.9 Å². The van der Waals surface area contributed by atoms with Crippen molar-refractivity contribution < 1.29 is 23.1 Å². The Kier molecular flexibility index (Phi) is 6.03. The summed E-state index contributed by atoms with van der Waals surface area (Å²) in [5.41, 5.74) is 0. The van der Waals surface area contributed by atoms with E-state index in [0.717, 1.165) is 0 Å². The van der Waals surface area contributed by atoms with Crippen LogP contribution >= 0.6 is 23.5 Å². The standard InChI is InChI=1S/C8H16BrO5P/c1-8(2,9)7(10)14-5-6-15(11,12-3)13-4/h5-6H2,1-4H3. The van der Waals surface area contributed by atoms with Gasteiger partial charge in [-0.15, -0.1) is 0 Å². The minimum absolute atomic E-state index is 0.00677. The van der Waals surface area contributed by atoms with E-state index in [1.54, 1.807) is 13.8 Å². The van der Waals surface area contributed by atoms with Gasteiger partial charge in [0, 0.05) is 14.2 Å². The van der Waals surface area contributed by atoms with Crippen LogP contribution in [0.25, 0.3) is 0 Å². The molecule has 0 atom stereocenters. The molecule has 0 fully saturated rings. The van der Waals surface area contributed by atoms with Gasteiger partial charge in [0.05, 0.1) is 6.16 Å². The van der Waals surface area contributed by atoms with E-state index < -0.39 is 17.9 Å². The van der Waals surface area contributed by atoms with Gasteiger partial charge in [-0.2, -0.15) is 0 Å². The molecule has 0 spiro atoms. The fraction of sp³-hybridized carbons (Fsp3) is 0.875. The molecule has 0 saturated carbocycles. The van der Waals surface area contributed by atoms with Crippen molar-refractivity contribution in [3.8, 4) is 0 Å². The maximum Gasteiger partial charge on any atom is 0.333 e. The third kappa shape index (κ3) is 5.66. The van der Waals surface area contributed by atoms with Crippen LogP contribution < -0.4 is 0 Å². The van der Waals surface area contributed by atoms with E-state index in [4.69, 9.17) is 4.74 Å². The normalized spacial score (nSPS) is 12.6. The summed E-state index contributed by atoms with van der Waals surface area (Å²) in [7, 11) is -0.498. The van der Waals surface area contributed by atoms with Crippen LogP contribution in [-0.2, 0) is 23.1 Å². The van der Waals surface area contributed by atoms with Crippen LogP contribution in [0, 0.1) is 0 Å². The highest BCUT2D eigenvalue weighted by Crippen LogP contribution is 2.45. The van der Waals surface area contributed by atoms with Gasteiger partial charge in [-0.3, -0.25) is 9.36 Å². The SMILES string of the molecule is COP(=O)(CCOC(=O)C(C)(C)Br)OC. The molecule has 0 aliphatic heterocycles. The summed E-state index contributed by atoms with van der Waals surface area (Å²) in [6.45, 7) is 3.34. The fourth-order valence-corrected chi connectivity index (χ4v) is 1.62. The first-order chi connectivity index (χ1) is 6.75. The maximum absolute atomic E-state index is 11.5. The van der Waals surface area contributed by atoms with Crippen LogP contribution in [-0.4, -0.2) is 37.3 Å². The Labute approximate surface area is 98.1 Å². The van der Waals surface area contributed by atoms with Gasteiger partial charge in [-0.25, -0.2) is 0 Å². The van der Waals surface area contributed by atoms with Crippen molar-refractivity contribution in [3.05, 3.63) is 0 Å². The Morgan fingerprint density at radius 1 is 1.33 bits per heavy atom. The van der Waals surface area contributed by atoms with E-state index in [2.05, 4.69) is 25.0 Å². The highest BCUT2D eigenvalue weighted by molar-refractivity contribution is 9.10. The number of alkyl halides is 1. The Morgan fingerprint density at radius 2 is 1.80 bits per heavy atom. The summed E-state index contributed by atoms with van der Waals surface area (Å²) in [5.74, 6) is -0.416. The van der Waals surface area contributed by atoms with Crippen molar-refractivity contribution in [2.45, 2.75) is 18.2 Å². The zero-order chi connectivity index (χ0) is 12.1. The Hall–Kier alpha value is 0.1000. The van der Waals surface area contributed by atoms with Crippen molar-refractivity contribution in [2.75, 3.05) is 27.0 Å². The molecule has 0 amide bonds. The molecule has 5 nitrogen and oxygen atoms in total. The highest BCUT2D eigenvalue weighted by atomic mass is 79.9. The molecule has 0 unspecified atom stereocenters. The zero-order valence-corrected chi connectivity index (χ0v) is 11.8. The van der Waals surface area contributed by atoms with Crippen molar-refractivity contribution in [1.82, 2.24) is 0 Å². The van der Waals surface area contributed by atoms with Crippen LogP contribution in [0.3, 0.4) is 0 Å². The Bertz CT molecular complexity index is 252. The molecule has 0 aromatic rings. The summed E-state index contributed by atoms with van der Waals surface area (Å²) in [6, 6.07) is 0. The van der Waals surface area contributed by atoms with Crippen LogP contribution in [0.2, 0.25) is 0 Å². The van der Waals surface area contributed by atoms with Gasteiger partial charge in [-0.1, -0.05) is 15.9 Å². The van der Waals surface area contributed by atoms with E-state index in [1.165, 1.54) is 14.2 Å². The topological polar surface area (TPSA) is 61.8 Å². The second kappa shape index (κ2) is 5.99. The number of hydrogen-bond donors (Lipinski definition) is 0. The largest absolute Gasteiger partial charge is 0.464 e. The van der Waals surface area contributed by atoms with Crippen molar-refractivity contribution in [1.29, 1.82) is 0 Å². The van der Waals surface area contributed by atoms with Crippen molar-refractivity contribution in [3.63, 3.8) is 0 Å². The number of ether oxygens (including phenoxy) is 1. The average Bonchev–Trinajstić information content (AvgIpc) is 2.16. The molecule has 0 aliphatic carbocycles. The predicted molar refractivity (Wildman–Crippen MR) is 60.5 cm³/mol. The van der Waals surface area contributed by atoms with E-state index in [0.29, 0.717) is 0 Å². The lowest BCUT2D eigenvalue weighted by atomic mass is 10.2. The van der Waals surface area contributed by atoms with Gasteiger partial charge in [-0.05, 0) is 13.8 Å². The molecule has 7 heteroatoms. The molecule has 0 aromatic heterocycles. The number of halogens is 1.